The van der Waals surface area contributed by atoms with Crippen LogP contribution in [0.15, 0.2) is 24.3 Å². The molecule has 0 atom stereocenters. The number of hydrogen-bond donors (Lipinski definition) is 1. The zero-order chi connectivity index (χ0) is 13.6. The molecule has 0 aliphatic rings. The zero-order valence-electron chi connectivity index (χ0n) is 10.4. The lowest BCUT2D eigenvalue weighted by Crippen LogP contribution is -2.19. The minimum Gasteiger partial charge on any atom is -0.492 e. The van der Waals surface area contributed by atoms with Crippen LogP contribution in [0.25, 0.3) is 0 Å². The third-order valence-corrected chi connectivity index (χ3v) is 3.75. The molecule has 0 amide bonds. The van der Waals surface area contributed by atoms with Gasteiger partial charge >= 0.3 is 0 Å². The first-order chi connectivity index (χ1) is 8.43. The SMILES string of the molecule is CN(C)CCOc1cccc(NS(=O)(=O)CCl)c1. The van der Waals surface area contributed by atoms with Gasteiger partial charge in [0.25, 0.3) is 0 Å². The summed E-state index contributed by atoms with van der Waals surface area (Å²) in [5, 5.41) is -0.473. The second kappa shape index (κ2) is 6.82. The van der Waals surface area contributed by atoms with Crippen LogP contribution in [0.3, 0.4) is 0 Å². The van der Waals surface area contributed by atoms with E-state index in [1.807, 2.05) is 19.0 Å². The molecule has 0 aromatic heterocycles. The standard InChI is InChI=1S/C11H17ClN2O3S/c1-14(2)6-7-17-11-5-3-4-10(8-11)13-18(15,16)9-12/h3-5,8,13H,6-7,9H2,1-2H3. The van der Waals surface area contributed by atoms with Crippen LogP contribution in [0, 0.1) is 0 Å². The van der Waals surface area contributed by atoms with Crippen LogP contribution >= 0.6 is 11.6 Å². The predicted octanol–water partition coefficient (Wildman–Crippen LogP) is 1.56. The third kappa shape index (κ3) is 5.57. The van der Waals surface area contributed by atoms with Gasteiger partial charge in [0.1, 0.15) is 17.6 Å². The van der Waals surface area contributed by atoms with Gasteiger partial charge in [-0.25, -0.2) is 8.42 Å². The highest BCUT2D eigenvalue weighted by Crippen LogP contribution is 2.18. The molecule has 1 aromatic rings. The number of sulfonamides is 1. The fraction of sp³-hybridized carbons (Fsp3) is 0.455. The van der Waals surface area contributed by atoms with Crippen molar-refractivity contribution in [3.8, 4) is 5.75 Å². The number of ether oxygens (including phenoxy) is 1. The van der Waals surface area contributed by atoms with Crippen molar-refractivity contribution in [1.29, 1.82) is 0 Å². The van der Waals surface area contributed by atoms with Crippen molar-refractivity contribution in [2.45, 2.75) is 0 Å². The van der Waals surface area contributed by atoms with Crippen LogP contribution in [0.2, 0.25) is 0 Å². The van der Waals surface area contributed by atoms with Crippen molar-refractivity contribution < 1.29 is 13.2 Å². The number of nitrogens with one attached hydrogen (secondary N) is 1. The molecule has 1 aromatic carbocycles. The normalized spacial score (nSPS) is 11.6. The Bertz CT molecular complexity index is 477. The van der Waals surface area contributed by atoms with E-state index in [9.17, 15) is 8.42 Å². The van der Waals surface area contributed by atoms with E-state index < -0.39 is 15.2 Å². The number of halogens is 1. The fourth-order valence-corrected chi connectivity index (χ4v) is 1.91. The molecule has 0 spiro atoms. The number of nitrogens with zero attached hydrogens (tertiary/aromatic N) is 1. The Morgan fingerprint density at radius 1 is 1.39 bits per heavy atom. The van der Waals surface area contributed by atoms with Crippen LogP contribution < -0.4 is 9.46 Å². The molecule has 1 rings (SSSR count). The van der Waals surface area contributed by atoms with Gasteiger partial charge in [-0.2, -0.15) is 0 Å². The lowest BCUT2D eigenvalue weighted by Gasteiger charge is -2.12. The van der Waals surface area contributed by atoms with Crippen LogP contribution in [-0.4, -0.2) is 45.8 Å². The molecule has 0 aliphatic heterocycles. The van der Waals surface area contributed by atoms with Gasteiger partial charge in [0, 0.05) is 12.6 Å². The van der Waals surface area contributed by atoms with E-state index >= 15 is 0 Å². The first kappa shape index (κ1) is 15.1. The molecule has 0 aliphatic carbocycles. The molecule has 0 saturated carbocycles. The largest absolute Gasteiger partial charge is 0.492 e. The Morgan fingerprint density at radius 2 is 2.11 bits per heavy atom. The summed E-state index contributed by atoms with van der Waals surface area (Å²) in [6, 6.07) is 6.76. The Balaban J connectivity index is 2.62. The van der Waals surface area contributed by atoms with Crippen molar-refractivity contribution >= 4 is 27.3 Å². The van der Waals surface area contributed by atoms with Crippen molar-refractivity contribution in [2.75, 3.05) is 37.2 Å². The van der Waals surface area contributed by atoms with E-state index in [4.69, 9.17) is 16.3 Å². The predicted molar refractivity (Wildman–Crippen MR) is 73.8 cm³/mol. The van der Waals surface area contributed by atoms with E-state index in [1.165, 1.54) is 0 Å². The Hall–Kier alpha value is -0.980. The minimum atomic E-state index is -3.47. The smallest absolute Gasteiger partial charge is 0.246 e. The average molecular weight is 293 g/mol. The Labute approximate surface area is 113 Å². The highest BCUT2D eigenvalue weighted by Gasteiger charge is 2.08. The van der Waals surface area contributed by atoms with Crippen molar-refractivity contribution in [2.24, 2.45) is 0 Å². The molecule has 0 unspecified atom stereocenters. The summed E-state index contributed by atoms with van der Waals surface area (Å²) in [6.07, 6.45) is 0. The van der Waals surface area contributed by atoms with Crippen LogP contribution in [-0.2, 0) is 10.0 Å². The molecule has 0 fully saturated rings. The molecule has 0 saturated heterocycles. The maximum atomic E-state index is 11.3. The molecule has 0 bridgehead atoms. The average Bonchev–Trinajstić information content (AvgIpc) is 2.28. The van der Waals surface area contributed by atoms with Gasteiger partial charge in [-0.15, -0.1) is 11.6 Å². The third-order valence-electron chi connectivity index (χ3n) is 2.06. The lowest BCUT2D eigenvalue weighted by atomic mass is 10.3. The molecule has 0 radical (unpaired) electrons. The molecule has 5 nitrogen and oxygen atoms in total. The van der Waals surface area contributed by atoms with Gasteiger partial charge in [0.05, 0.1) is 5.69 Å². The number of anilines is 1. The maximum Gasteiger partial charge on any atom is 0.246 e. The van der Waals surface area contributed by atoms with Gasteiger partial charge < -0.3 is 9.64 Å². The summed E-state index contributed by atoms with van der Waals surface area (Å²) in [7, 11) is 0.434. The van der Waals surface area contributed by atoms with Crippen LogP contribution in [0.4, 0.5) is 5.69 Å². The Kier molecular flexibility index (Phi) is 5.71. The quantitative estimate of drug-likeness (QED) is 0.775. The topological polar surface area (TPSA) is 58.6 Å². The number of likely N-dealkylation sites (N-methyl/N-ethyl adjacent to an activating group) is 1. The number of alkyl halides is 1. The Morgan fingerprint density at radius 3 is 2.72 bits per heavy atom. The molecule has 0 heterocycles. The summed E-state index contributed by atoms with van der Waals surface area (Å²) in [5.41, 5.74) is 0.443. The van der Waals surface area contributed by atoms with E-state index in [0.717, 1.165) is 6.54 Å². The van der Waals surface area contributed by atoms with Gasteiger partial charge in [0.15, 0.2) is 0 Å². The molecule has 102 valence electrons. The highest BCUT2D eigenvalue weighted by molar-refractivity contribution is 7.93. The molecular weight excluding hydrogens is 276 g/mol. The van der Waals surface area contributed by atoms with E-state index in [1.54, 1.807) is 24.3 Å². The van der Waals surface area contributed by atoms with Crippen molar-refractivity contribution in [1.82, 2.24) is 4.90 Å². The molecule has 18 heavy (non-hydrogen) atoms. The van der Waals surface area contributed by atoms with Crippen LogP contribution in [0.1, 0.15) is 0 Å². The molecule has 1 N–H and O–H groups in total. The molecular formula is C11H17ClN2O3S. The summed E-state index contributed by atoms with van der Waals surface area (Å²) >= 11 is 5.31. The number of rotatable bonds is 7. The van der Waals surface area contributed by atoms with Crippen LogP contribution in [0.5, 0.6) is 5.75 Å². The lowest BCUT2D eigenvalue weighted by molar-refractivity contribution is 0.261. The van der Waals surface area contributed by atoms with Gasteiger partial charge in [-0.1, -0.05) is 6.07 Å². The van der Waals surface area contributed by atoms with Gasteiger partial charge in [-0.3, -0.25) is 4.72 Å². The summed E-state index contributed by atoms with van der Waals surface area (Å²) < 4.78 is 30.4. The zero-order valence-corrected chi connectivity index (χ0v) is 12.0. The summed E-state index contributed by atoms with van der Waals surface area (Å²) in [5.74, 6) is 0.617. The van der Waals surface area contributed by atoms with Crippen molar-refractivity contribution in [3.05, 3.63) is 24.3 Å². The summed E-state index contributed by atoms with van der Waals surface area (Å²) in [6.45, 7) is 1.33. The first-order valence-corrected chi connectivity index (χ1v) is 7.56. The second-order valence-electron chi connectivity index (χ2n) is 4.01. The minimum absolute atomic E-state index is 0.443. The van der Waals surface area contributed by atoms with Crippen molar-refractivity contribution in [3.63, 3.8) is 0 Å². The maximum absolute atomic E-state index is 11.3. The number of hydrogen-bond acceptors (Lipinski definition) is 4. The first-order valence-electron chi connectivity index (χ1n) is 5.37. The fourth-order valence-electron chi connectivity index (χ4n) is 1.20. The number of benzene rings is 1. The van der Waals surface area contributed by atoms with E-state index in [2.05, 4.69) is 4.72 Å². The monoisotopic (exact) mass is 292 g/mol. The van der Waals surface area contributed by atoms with E-state index in [0.29, 0.717) is 18.0 Å². The highest BCUT2D eigenvalue weighted by atomic mass is 35.5. The molecule has 7 heteroatoms. The second-order valence-corrected chi connectivity index (χ2v) is 6.31. The summed E-state index contributed by atoms with van der Waals surface area (Å²) in [4.78, 5) is 2.00. The van der Waals surface area contributed by atoms with E-state index in [-0.39, 0.29) is 0 Å². The van der Waals surface area contributed by atoms with Gasteiger partial charge in [-0.05, 0) is 26.2 Å². The van der Waals surface area contributed by atoms with Gasteiger partial charge in [0.2, 0.25) is 10.0 Å².